The summed E-state index contributed by atoms with van der Waals surface area (Å²) < 4.78 is 2.21. The van der Waals surface area contributed by atoms with Crippen LogP contribution in [0, 0.1) is 5.92 Å². The summed E-state index contributed by atoms with van der Waals surface area (Å²) in [6.07, 6.45) is 1.25. The molecule has 0 bridgehead atoms. The van der Waals surface area contributed by atoms with Crippen molar-refractivity contribution in [3.8, 4) is 0 Å². The number of halogens is 3. The molecule has 0 saturated carbocycles. The molecule has 1 aromatic heterocycles. The lowest BCUT2D eigenvalue weighted by Gasteiger charge is -2.14. The molecule has 1 saturated heterocycles. The lowest BCUT2D eigenvalue weighted by atomic mass is 10.1. The summed E-state index contributed by atoms with van der Waals surface area (Å²) >= 11 is 20.5. The Bertz CT molecular complexity index is 633. The Kier molecular flexibility index (Phi) is 4.42. The Morgan fingerprint density at radius 3 is 2.80 bits per heavy atom. The van der Waals surface area contributed by atoms with Gasteiger partial charge in [0, 0.05) is 6.54 Å². The Hall–Kier alpha value is -0.0900. The highest BCUT2D eigenvalue weighted by molar-refractivity contribution is 7.99. The number of benzene rings is 1. The van der Waals surface area contributed by atoms with Crippen LogP contribution in [0.25, 0.3) is 11.0 Å². The van der Waals surface area contributed by atoms with E-state index < -0.39 is 0 Å². The average Bonchev–Trinajstić information content (AvgIpc) is 3.00. The highest BCUT2D eigenvalue weighted by Crippen LogP contribution is 2.33. The number of hydrogen-bond donors (Lipinski definition) is 0. The van der Waals surface area contributed by atoms with Gasteiger partial charge < -0.3 is 4.57 Å². The van der Waals surface area contributed by atoms with Crippen molar-refractivity contribution in [3.05, 3.63) is 28.0 Å². The molecule has 0 spiro atoms. The Labute approximate surface area is 137 Å². The van der Waals surface area contributed by atoms with E-state index in [1.165, 1.54) is 17.9 Å². The number of nitrogens with zero attached hydrogens (tertiary/aromatic N) is 2. The number of hydrogen-bond acceptors (Lipinski definition) is 2. The Balaban J connectivity index is 2.10. The van der Waals surface area contributed by atoms with Crippen LogP contribution in [0.4, 0.5) is 0 Å². The second-order valence-corrected chi connectivity index (χ2v) is 7.80. The average molecular weight is 350 g/mol. The van der Waals surface area contributed by atoms with Crippen molar-refractivity contribution in [3.63, 3.8) is 0 Å². The van der Waals surface area contributed by atoms with Crippen LogP contribution in [0.1, 0.15) is 24.5 Å². The SMILES string of the molecule is CC(Cl)c1nc2cc(Cl)c(Cl)cc2n1CC1CCSC1. The Morgan fingerprint density at radius 1 is 1.40 bits per heavy atom. The maximum atomic E-state index is 6.29. The zero-order chi connectivity index (χ0) is 14.3. The van der Waals surface area contributed by atoms with Crippen molar-refractivity contribution < 1.29 is 0 Å². The molecule has 1 aliphatic heterocycles. The second-order valence-electron chi connectivity index (χ2n) is 5.18. The molecule has 20 heavy (non-hydrogen) atoms. The fourth-order valence-corrected chi connectivity index (χ4v) is 4.37. The number of aromatic nitrogens is 2. The summed E-state index contributed by atoms with van der Waals surface area (Å²) in [7, 11) is 0. The molecule has 1 aliphatic rings. The number of imidazole rings is 1. The van der Waals surface area contributed by atoms with Crippen molar-refractivity contribution >= 4 is 57.6 Å². The van der Waals surface area contributed by atoms with Crippen LogP contribution in [0.15, 0.2) is 12.1 Å². The molecular weight excluding hydrogens is 335 g/mol. The minimum absolute atomic E-state index is 0.131. The van der Waals surface area contributed by atoms with Gasteiger partial charge in [-0.1, -0.05) is 23.2 Å². The van der Waals surface area contributed by atoms with E-state index in [-0.39, 0.29) is 5.38 Å². The molecule has 1 aromatic carbocycles. The summed E-state index contributed by atoms with van der Waals surface area (Å²) in [5, 5.41) is 0.970. The van der Waals surface area contributed by atoms with Gasteiger partial charge in [-0.05, 0) is 42.9 Å². The second kappa shape index (κ2) is 5.96. The molecule has 3 rings (SSSR count). The summed E-state index contributed by atoms with van der Waals surface area (Å²) in [5.41, 5.74) is 1.89. The van der Waals surface area contributed by atoms with E-state index in [0.29, 0.717) is 16.0 Å². The first-order chi connectivity index (χ1) is 9.56. The van der Waals surface area contributed by atoms with Crippen LogP contribution in [0.5, 0.6) is 0 Å². The molecule has 0 N–H and O–H groups in total. The molecule has 1 fully saturated rings. The van der Waals surface area contributed by atoms with Gasteiger partial charge in [0.1, 0.15) is 5.82 Å². The van der Waals surface area contributed by atoms with Crippen molar-refractivity contribution in [1.82, 2.24) is 9.55 Å². The highest BCUT2D eigenvalue weighted by atomic mass is 35.5. The monoisotopic (exact) mass is 348 g/mol. The summed E-state index contributed by atoms with van der Waals surface area (Å²) in [6, 6.07) is 3.72. The molecule has 0 amide bonds. The predicted octanol–water partition coefficient (Wildman–Crippen LogP) is 5.40. The fourth-order valence-electron chi connectivity index (χ4n) is 2.62. The van der Waals surface area contributed by atoms with Crippen LogP contribution < -0.4 is 0 Å². The van der Waals surface area contributed by atoms with Gasteiger partial charge >= 0.3 is 0 Å². The normalized spacial score (nSPS) is 20.7. The van der Waals surface area contributed by atoms with Crippen LogP contribution in [-0.2, 0) is 6.54 Å². The molecule has 108 valence electrons. The van der Waals surface area contributed by atoms with E-state index in [0.717, 1.165) is 23.4 Å². The molecule has 2 aromatic rings. The third kappa shape index (κ3) is 2.78. The third-order valence-electron chi connectivity index (χ3n) is 3.64. The van der Waals surface area contributed by atoms with Crippen LogP contribution >= 0.6 is 46.6 Å². The van der Waals surface area contributed by atoms with E-state index in [1.54, 1.807) is 0 Å². The number of fused-ring (bicyclic) bond motifs is 1. The van der Waals surface area contributed by atoms with E-state index >= 15 is 0 Å². The topological polar surface area (TPSA) is 17.8 Å². The zero-order valence-electron chi connectivity index (χ0n) is 11.1. The van der Waals surface area contributed by atoms with Gasteiger partial charge in [-0.15, -0.1) is 11.6 Å². The van der Waals surface area contributed by atoms with Crippen LogP contribution in [0.2, 0.25) is 10.0 Å². The van der Waals surface area contributed by atoms with E-state index in [4.69, 9.17) is 34.8 Å². The smallest absolute Gasteiger partial charge is 0.127 e. The zero-order valence-corrected chi connectivity index (χ0v) is 14.2. The van der Waals surface area contributed by atoms with E-state index in [1.807, 2.05) is 30.8 Å². The van der Waals surface area contributed by atoms with Crippen molar-refractivity contribution in [1.29, 1.82) is 0 Å². The third-order valence-corrected chi connectivity index (χ3v) is 5.79. The Morgan fingerprint density at radius 2 is 2.15 bits per heavy atom. The van der Waals surface area contributed by atoms with Gasteiger partial charge in [0.2, 0.25) is 0 Å². The molecular formula is C14H15Cl3N2S. The standard InChI is InChI=1S/C14H15Cl3N2S/c1-8(15)14-18-12-4-10(16)11(17)5-13(12)19(14)6-9-2-3-20-7-9/h4-5,8-9H,2-3,6-7H2,1H3. The summed E-state index contributed by atoms with van der Waals surface area (Å²) in [6.45, 7) is 2.90. The summed E-state index contributed by atoms with van der Waals surface area (Å²) in [5.74, 6) is 4.03. The van der Waals surface area contributed by atoms with E-state index in [2.05, 4.69) is 9.55 Å². The molecule has 2 atom stereocenters. The van der Waals surface area contributed by atoms with Crippen molar-refractivity contribution in [2.24, 2.45) is 5.92 Å². The van der Waals surface area contributed by atoms with Gasteiger partial charge in [0.15, 0.2) is 0 Å². The van der Waals surface area contributed by atoms with Gasteiger partial charge in [0.05, 0.1) is 26.5 Å². The first-order valence-electron chi connectivity index (χ1n) is 6.63. The number of alkyl halides is 1. The molecule has 0 aliphatic carbocycles. The maximum Gasteiger partial charge on any atom is 0.127 e. The van der Waals surface area contributed by atoms with Gasteiger partial charge in [-0.2, -0.15) is 11.8 Å². The maximum absolute atomic E-state index is 6.29. The molecule has 0 radical (unpaired) electrons. The largest absolute Gasteiger partial charge is 0.326 e. The van der Waals surface area contributed by atoms with Gasteiger partial charge in [-0.3, -0.25) is 0 Å². The minimum Gasteiger partial charge on any atom is -0.326 e. The quantitative estimate of drug-likeness (QED) is 0.691. The molecule has 6 heteroatoms. The number of rotatable bonds is 3. The highest BCUT2D eigenvalue weighted by Gasteiger charge is 2.22. The van der Waals surface area contributed by atoms with E-state index in [9.17, 15) is 0 Å². The molecule has 2 heterocycles. The predicted molar refractivity (Wildman–Crippen MR) is 89.5 cm³/mol. The lowest BCUT2D eigenvalue weighted by molar-refractivity contribution is 0.488. The minimum atomic E-state index is -0.131. The van der Waals surface area contributed by atoms with Gasteiger partial charge in [-0.25, -0.2) is 4.98 Å². The summed E-state index contributed by atoms with van der Waals surface area (Å²) in [4.78, 5) is 4.64. The first kappa shape index (κ1) is 14.8. The van der Waals surface area contributed by atoms with Crippen LogP contribution in [0.3, 0.4) is 0 Å². The van der Waals surface area contributed by atoms with Crippen molar-refractivity contribution in [2.45, 2.75) is 25.3 Å². The molecule has 2 nitrogen and oxygen atoms in total. The number of thioether (sulfide) groups is 1. The fraction of sp³-hybridized carbons (Fsp3) is 0.500. The van der Waals surface area contributed by atoms with Crippen LogP contribution in [-0.4, -0.2) is 21.1 Å². The molecule has 2 unspecified atom stereocenters. The lowest BCUT2D eigenvalue weighted by Crippen LogP contribution is -2.13. The van der Waals surface area contributed by atoms with Crippen molar-refractivity contribution in [2.75, 3.05) is 11.5 Å². The first-order valence-corrected chi connectivity index (χ1v) is 8.98. The van der Waals surface area contributed by atoms with Gasteiger partial charge in [0.25, 0.3) is 0 Å².